The first-order chi connectivity index (χ1) is 10.6. The second-order valence-corrected chi connectivity index (χ2v) is 6.67. The normalized spacial score (nSPS) is 19.9. The van der Waals surface area contributed by atoms with Gasteiger partial charge in [-0.05, 0) is 44.2 Å². The van der Waals surface area contributed by atoms with E-state index in [0.717, 1.165) is 49.0 Å². The molecule has 0 radical (unpaired) electrons. The van der Waals surface area contributed by atoms with Crippen LogP contribution in [0.5, 0.6) is 0 Å². The van der Waals surface area contributed by atoms with Crippen LogP contribution in [-0.4, -0.2) is 32.7 Å². The lowest BCUT2D eigenvalue weighted by atomic mass is 9.80. The minimum Gasteiger partial charge on any atom is -0.388 e. The predicted octanol–water partition coefficient (Wildman–Crippen LogP) is 1.94. The molecule has 5 nitrogen and oxygen atoms in total. The molecule has 2 aromatic rings. The van der Waals surface area contributed by atoms with E-state index in [0.29, 0.717) is 12.5 Å². The van der Waals surface area contributed by atoms with E-state index in [1.807, 2.05) is 28.8 Å². The molecule has 22 heavy (non-hydrogen) atoms. The summed E-state index contributed by atoms with van der Waals surface area (Å²) in [5, 5.41) is 13.0. The lowest BCUT2D eigenvalue weighted by Gasteiger charge is -2.36. The molecule has 116 valence electrons. The molecule has 2 N–H and O–H groups in total. The van der Waals surface area contributed by atoms with E-state index in [1.165, 1.54) is 0 Å². The van der Waals surface area contributed by atoms with E-state index in [1.54, 1.807) is 0 Å². The van der Waals surface area contributed by atoms with Crippen LogP contribution < -0.4 is 5.32 Å². The van der Waals surface area contributed by atoms with Crippen LogP contribution in [0.25, 0.3) is 11.0 Å². The Morgan fingerprint density at radius 3 is 2.82 bits per heavy atom. The van der Waals surface area contributed by atoms with Crippen molar-refractivity contribution in [1.29, 1.82) is 0 Å². The third-order valence-electron chi connectivity index (χ3n) is 4.83. The second-order valence-electron chi connectivity index (χ2n) is 6.67. The molecular weight excluding hydrogens is 278 g/mol. The number of carbonyl (C=O) groups is 1. The highest BCUT2D eigenvalue weighted by molar-refractivity contribution is 5.81. The fourth-order valence-electron chi connectivity index (χ4n) is 3.14. The second kappa shape index (κ2) is 5.09. The monoisotopic (exact) mass is 299 g/mol. The summed E-state index contributed by atoms with van der Waals surface area (Å²) in [6, 6.07) is 7.96. The maximum Gasteiger partial charge on any atom is 0.240 e. The average molecular weight is 299 g/mol. The molecule has 0 saturated heterocycles. The Labute approximate surface area is 129 Å². The highest BCUT2D eigenvalue weighted by atomic mass is 16.3. The zero-order valence-corrected chi connectivity index (χ0v) is 12.6. The Morgan fingerprint density at radius 2 is 2.14 bits per heavy atom. The zero-order valence-electron chi connectivity index (χ0n) is 12.6. The van der Waals surface area contributed by atoms with Crippen molar-refractivity contribution >= 4 is 16.9 Å². The van der Waals surface area contributed by atoms with Gasteiger partial charge in [0.15, 0.2) is 0 Å². The molecule has 0 unspecified atom stereocenters. The summed E-state index contributed by atoms with van der Waals surface area (Å²) < 4.78 is 2.03. The molecule has 0 aliphatic heterocycles. The largest absolute Gasteiger partial charge is 0.388 e. The van der Waals surface area contributed by atoms with Crippen molar-refractivity contribution in [1.82, 2.24) is 14.9 Å². The van der Waals surface area contributed by atoms with Crippen LogP contribution in [0.1, 0.15) is 43.8 Å². The van der Waals surface area contributed by atoms with Crippen LogP contribution in [0, 0.1) is 0 Å². The Kier molecular flexibility index (Phi) is 3.18. The molecule has 5 heteroatoms. The van der Waals surface area contributed by atoms with E-state index in [4.69, 9.17) is 4.98 Å². The first-order valence-corrected chi connectivity index (χ1v) is 8.09. The van der Waals surface area contributed by atoms with Crippen LogP contribution in [-0.2, 0) is 11.3 Å². The SMILES string of the molecule is O=C(Cn1c(C2CC2)nc2ccccc21)NCC1(O)CCC1. The van der Waals surface area contributed by atoms with Gasteiger partial charge in [-0.25, -0.2) is 4.98 Å². The van der Waals surface area contributed by atoms with Gasteiger partial charge in [-0.2, -0.15) is 0 Å². The summed E-state index contributed by atoms with van der Waals surface area (Å²) in [6.45, 7) is 0.639. The topological polar surface area (TPSA) is 67.2 Å². The summed E-state index contributed by atoms with van der Waals surface area (Å²) in [5.74, 6) is 1.47. The van der Waals surface area contributed by atoms with Crippen LogP contribution in [0.15, 0.2) is 24.3 Å². The first kappa shape index (κ1) is 13.8. The Bertz CT molecular complexity index is 714. The Balaban J connectivity index is 1.52. The molecule has 2 fully saturated rings. The van der Waals surface area contributed by atoms with Gasteiger partial charge in [0.05, 0.1) is 16.6 Å². The minimum absolute atomic E-state index is 0.0506. The van der Waals surface area contributed by atoms with E-state index in [2.05, 4.69) is 5.32 Å². The van der Waals surface area contributed by atoms with Crippen molar-refractivity contribution in [2.75, 3.05) is 6.54 Å². The number of fused-ring (bicyclic) bond motifs is 1. The lowest BCUT2D eigenvalue weighted by Crippen LogP contribution is -2.48. The summed E-state index contributed by atoms with van der Waals surface area (Å²) >= 11 is 0. The minimum atomic E-state index is -0.675. The molecule has 1 aromatic carbocycles. The number of nitrogens with zero attached hydrogens (tertiary/aromatic N) is 2. The molecule has 0 spiro atoms. The summed E-state index contributed by atoms with van der Waals surface area (Å²) in [7, 11) is 0. The van der Waals surface area contributed by atoms with Gasteiger partial charge in [-0.1, -0.05) is 12.1 Å². The van der Waals surface area contributed by atoms with Crippen LogP contribution >= 0.6 is 0 Å². The molecular formula is C17H21N3O2. The summed E-state index contributed by atoms with van der Waals surface area (Å²) in [6.07, 6.45) is 4.93. The smallest absolute Gasteiger partial charge is 0.240 e. The van der Waals surface area contributed by atoms with Gasteiger partial charge in [0.2, 0.25) is 5.91 Å². The lowest BCUT2D eigenvalue weighted by molar-refractivity contribution is -0.124. The van der Waals surface area contributed by atoms with E-state index in [-0.39, 0.29) is 12.5 Å². The molecule has 2 aliphatic rings. The number of aromatic nitrogens is 2. The first-order valence-electron chi connectivity index (χ1n) is 8.09. The van der Waals surface area contributed by atoms with Gasteiger partial charge in [-0.15, -0.1) is 0 Å². The number of hydrogen-bond donors (Lipinski definition) is 2. The van der Waals surface area contributed by atoms with Crippen molar-refractivity contribution < 1.29 is 9.90 Å². The number of imidazole rings is 1. The summed E-state index contributed by atoms with van der Waals surface area (Å²) in [5.41, 5.74) is 1.29. The number of benzene rings is 1. The standard InChI is InChI=1S/C17H21N3O2/c21-15(18-11-17(22)8-3-9-17)10-20-14-5-2-1-4-13(14)19-16(20)12-6-7-12/h1-2,4-5,12,22H,3,6-11H2,(H,18,21). The van der Waals surface area contributed by atoms with Crippen molar-refractivity contribution in [3.05, 3.63) is 30.1 Å². The molecule has 4 rings (SSSR count). The molecule has 0 atom stereocenters. The number of hydrogen-bond acceptors (Lipinski definition) is 3. The molecule has 2 aliphatic carbocycles. The third-order valence-corrected chi connectivity index (χ3v) is 4.83. The third kappa shape index (κ3) is 2.50. The molecule has 1 aromatic heterocycles. The van der Waals surface area contributed by atoms with Gasteiger partial charge in [0.25, 0.3) is 0 Å². The van der Waals surface area contributed by atoms with Gasteiger partial charge < -0.3 is 15.0 Å². The van der Waals surface area contributed by atoms with Crippen LogP contribution in [0.3, 0.4) is 0 Å². The van der Waals surface area contributed by atoms with E-state index in [9.17, 15) is 9.90 Å². The molecule has 1 heterocycles. The molecule has 1 amide bonds. The average Bonchev–Trinajstić information content (AvgIpc) is 3.27. The predicted molar refractivity (Wildman–Crippen MR) is 83.5 cm³/mol. The van der Waals surface area contributed by atoms with Gasteiger partial charge >= 0.3 is 0 Å². The number of para-hydroxylation sites is 2. The van der Waals surface area contributed by atoms with E-state index < -0.39 is 5.60 Å². The highest BCUT2D eigenvalue weighted by Crippen LogP contribution is 2.40. The number of amides is 1. The van der Waals surface area contributed by atoms with E-state index >= 15 is 0 Å². The number of carbonyl (C=O) groups excluding carboxylic acids is 1. The van der Waals surface area contributed by atoms with Crippen molar-refractivity contribution in [3.63, 3.8) is 0 Å². The maximum absolute atomic E-state index is 12.3. The van der Waals surface area contributed by atoms with Crippen LogP contribution in [0.4, 0.5) is 0 Å². The fraction of sp³-hybridized carbons (Fsp3) is 0.529. The number of nitrogens with one attached hydrogen (secondary N) is 1. The molecule has 2 saturated carbocycles. The Morgan fingerprint density at radius 1 is 1.36 bits per heavy atom. The van der Waals surface area contributed by atoms with Crippen LogP contribution in [0.2, 0.25) is 0 Å². The number of rotatable bonds is 5. The van der Waals surface area contributed by atoms with Crippen molar-refractivity contribution in [2.24, 2.45) is 0 Å². The Hall–Kier alpha value is -1.88. The number of aliphatic hydroxyl groups is 1. The fourth-order valence-corrected chi connectivity index (χ4v) is 3.14. The van der Waals surface area contributed by atoms with Gasteiger partial charge in [-0.3, -0.25) is 4.79 Å². The molecule has 0 bridgehead atoms. The quantitative estimate of drug-likeness (QED) is 0.886. The summed E-state index contributed by atoms with van der Waals surface area (Å²) in [4.78, 5) is 17.0. The van der Waals surface area contributed by atoms with Gasteiger partial charge in [0.1, 0.15) is 12.4 Å². The van der Waals surface area contributed by atoms with Crippen molar-refractivity contribution in [3.8, 4) is 0 Å². The van der Waals surface area contributed by atoms with Gasteiger partial charge in [0, 0.05) is 12.5 Å². The highest BCUT2D eigenvalue weighted by Gasteiger charge is 2.35. The van der Waals surface area contributed by atoms with Crippen molar-refractivity contribution in [2.45, 2.75) is 50.2 Å². The zero-order chi connectivity index (χ0) is 15.2. The maximum atomic E-state index is 12.3.